The van der Waals surface area contributed by atoms with E-state index in [9.17, 15) is 14.3 Å². The molecule has 1 saturated heterocycles. The number of hydrogen-bond donors (Lipinski definition) is 1. The van der Waals surface area contributed by atoms with E-state index < -0.39 is 6.10 Å². The van der Waals surface area contributed by atoms with Gasteiger partial charge in [-0.1, -0.05) is 24.3 Å². The highest BCUT2D eigenvalue weighted by Crippen LogP contribution is 2.33. The number of carbonyl (C=O) groups is 1. The molecule has 0 saturated carbocycles. The number of fused-ring (bicyclic) bond motifs is 1. The van der Waals surface area contributed by atoms with Crippen molar-refractivity contribution in [3.8, 4) is 5.75 Å². The largest absolute Gasteiger partial charge is 0.491 e. The third-order valence-corrected chi connectivity index (χ3v) is 6.14. The highest BCUT2D eigenvalue weighted by Gasteiger charge is 2.35. The van der Waals surface area contributed by atoms with Crippen LogP contribution in [0.15, 0.2) is 72.8 Å². The van der Waals surface area contributed by atoms with E-state index >= 15 is 0 Å². The van der Waals surface area contributed by atoms with E-state index in [0.717, 1.165) is 22.4 Å². The molecule has 0 unspecified atom stereocenters. The maximum Gasteiger partial charge on any atom is 0.227 e. The Kier molecular flexibility index (Phi) is 6.02. The Bertz CT molecular complexity index is 1320. The van der Waals surface area contributed by atoms with E-state index in [4.69, 9.17) is 9.72 Å². The van der Waals surface area contributed by atoms with Crippen LogP contribution in [0.5, 0.6) is 5.75 Å². The van der Waals surface area contributed by atoms with E-state index in [-0.39, 0.29) is 24.2 Å². The van der Waals surface area contributed by atoms with Crippen molar-refractivity contribution in [2.24, 2.45) is 0 Å². The van der Waals surface area contributed by atoms with Crippen LogP contribution >= 0.6 is 0 Å². The molecule has 1 N–H and O–H groups in total. The molecule has 2 heterocycles. The maximum absolute atomic E-state index is 13.3. The van der Waals surface area contributed by atoms with Gasteiger partial charge in [0.1, 0.15) is 30.1 Å². The number of hydrogen-bond acceptors (Lipinski definition) is 4. The van der Waals surface area contributed by atoms with Crippen LogP contribution in [0.25, 0.3) is 11.0 Å². The first-order chi connectivity index (χ1) is 16.5. The number of benzene rings is 3. The van der Waals surface area contributed by atoms with E-state index in [1.54, 1.807) is 17.0 Å². The number of imidazole rings is 1. The van der Waals surface area contributed by atoms with E-state index in [1.807, 2.05) is 60.0 Å². The van der Waals surface area contributed by atoms with Crippen LogP contribution in [0.3, 0.4) is 0 Å². The molecular formula is C27H26FN3O3. The summed E-state index contributed by atoms with van der Waals surface area (Å²) < 4.78 is 21.1. The highest BCUT2D eigenvalue weighted by molar-refractivity contribution is 5.96. The van der Waals surface area contributed by atoms with Crippen molar-refractivity contribution < 1.29 is 19.0 Å². The Hall–Kier alpha value is -3.71. The van der Waals surface area contributed by atoms with Gasteiger partial charge in [0.15, 0.2) is 0 Å². The maximum atomic E-state index is 13.3. The lowest BCUT2D eigenvalue weighted by molar-refractivity contribution is -0.117. The monoisotopic (exact) mass is 459 g/mol. The average molecular weight is 460 g/mol. The first-order valence-corrected chi connectivity index (χ1v) is 11.4. The molecule has 2 atom stereocenters. The molecule has 6 nitrogen and oxygen atoms in total. The molecule has 1 aliphatic rings. The number of amides is 1. The summed E-state index contributed by atoms with van der Waals surface area (Å²) in [7, 11) is 0. The SMILES string of the molecule is Cc1cccc(OC[C@@H](O)Cn2c([C@@H]3CC(=O)N(c4ccc(F)cc4)C3)nc3ccccc32)c1. The van der Waals surface area contributed by atoms with Crippen molar-refractivity contribution in [1.82, 2.24) is 9.55 Å². The van der Waals surface area contributed by atoms with E-state index in [0.29, 0.717) is 30.9 Å². The van der Waals surface area contributed by atoms with Crippen LogP contribution in [-0.2, 0) is 11.3 Å². The molecule has 1 aromatic heterocycles. The molecule has 0 aliphatic carbocycles. The van der Waals surface area contributed by atoms with Gasteiger partial charge in [-0.15, -0.1) is 0 Å². The number of aryl methyl sites for hydroxylation is 1. The quantitative estimate of drug-likeness (QED) is 0.444. The Morgan fingerprint density at radius 2 is 1.91 bits per heavy atom. The van der Waals surface area contributed by atoms with Crippen LogP contribution in [0.4, 0.5) is 10.1 Å². The molecule has 7 heteroatoms. The Morgan fingerprint density at radius 3 is 2.71 bits per heavy atom. The van der Waals surface area contributed by atoms with Gasteiger partial charge in [-0.2, -0.15) is 0 Å². The third-order valence-electron chi connectivity index (χ3n) is 6.14. The summed E-state index contributed by atoms with van der Waals surface area (Å²) in [4.78, 5) is 19.3. The van der Waals surface area contributed by atoms with Crippen LogP contribution in [-0.4, -0.2) is 39.8 Å². The fourth-order valence-corrected chi connectivity index (χ4v) is 4.51. The number of aliphatic hydroxyl groups excluding tert-OH is 1. The Balaban J connectivity index is 1.38. The molecule has 4 aromatic rings. The molecule has 1 amide bonds. The lowest BCUT2D eigenvalue weighted by atomic mass is 10.1. The lowest BCUT2D eigenvalue weighted by Gasteiger charge is -2.19. The first-order valence-electron chi connectivity index (χ1n) is 11.4. The number of carbonyl (C=O) groups excluding carboxylic acids is 1. The number of halogens is 1. The Morgan fingerprint density at radius 1 is 1.12 bits per heavy atom. The van der Waals surface area contributed by atoms with Gasteiger partial charge in [-0.3, -0.25) is 4.79 Å². The second-order valence-electron chi connectivity index (χ2n) is 8.73. The molecule has 0 bridgehead atoms. The minimum absolute atomic E-state index is 0.0291. The molecule has 34 heavy (non-hydrogen) atoms. The van der Waals surface area contributed by atoms with Gasteiger partial charge in [0.05, 0.1) is 17.6 Å². The fraction of sp³-hybridized carbons (Fsp3) is 0.259. The van der Waals surface area contributed by atoms with Crippen LogP contribution in [0.1, 0.15) is 23.7 Å². The second kappa shape index (κ2) is 9.27. The Labute approximate surface area is 197 Å². The topological polar surface area (TPSA) is 67.6 Å². The standard InChI is InChI=1S/C27H26FN3O3/c1-18-5-4-6-23(13-18)34-17-22(32)16-31-25-8-3-2-7-24(25)29-27(31)19-14-26(33)30(15-19)21-11-9-20(28)10-12-21/h2-13,19,22,32H,14-17H2,1H3/t19-,22+/m1/s1. The number of anilines is 1. The van der Waals surface area contributed by atoms with Crippen LogP contribution < -0.4 is 9.64 Å². The van der Waals surface area contributed by atoms with Crippen molar-refractivity contribution in [3.05, 3.63) is 90.0 Å². The van der Waals surface area contributed by atoms with Gasteiger partial charge in [0, 0.05) is 24.6 Å². The third kappa shape index (κ3) is 4.52. The van der Waals surface area contributed by atoms with Gasteiger partial charge < -0.3 is 19.3 Å². The molecule has 1 aliphatic heterocycles. The highest BCUT2D eigenvalue weighted by atomic mass is 19.1. The predicted molar refractivity (Wildman–Crippen MR) is 129 cm³/mol. The smallest absolute Gasteiger partial charge is 0.227 e. The minimum atomic E-state index is -0.762. The summed E-state index contributed by atoms with van der Waals surface area (Å²) >= 11 is 0. The molecule has 174 valence electrons. The summed E-state index contributed by atoms with van der Waals surface area (Å²) in [5, 5.41) is 10.8. The zero-order chi connectivity index (χ0) is 23.7. The van der Waals surface area contributed by atoms with Gasteiger partial charge in [0.25, 0.3) is 0 Å². The van der Waals surface area contributed by atoms with Crippen LogP contribution in [0.2, 0.25) is 0 Å². The second-order valence-corrected chi connectivity index (χ2v) is 8.73. The molecule has 1 fully saturated rings. The molecule has 3 aromatic carbocycles. The first kappa shape index (κ1) is 22.1. The summed E-state index contributed by atoms with van der Waals surface area (Å²) in [5.74, 6) is 0.962. The number of aliphatic hydroxyl groups is 1. The van der Waals surface area contributed by atoms with Crippen LogP contribution in [0, 0.1) is 12.7 Å². The normalized spacial score (nSPS) is 16.9. The lowest BCUT2D eigenvalue weighted by Crippen LogP contribution is -2.26. The number of nitrogens with zero attached hydrogens (tertiary/aromatic N) is 3. The van der Waals surface area contributed by atoms with Crippen molar-refractivity contribution >= 4 is 22.6 Å². The number of aromatic nitrogens is 2. The number of para-hydroxylation sites is 2. The molecule has 5 rings (SSSR count). The van der Waals surface area contributed by atoms with E-state index in [2.05, 4.69) is 0 Å². The average Bonchev–Trinajstić information content (AvgIpc) is 3.39. The predicted octanol–water partition coefficient (Wildman–Crippen LogP) is 4.44. The molecular weight excluding hydrogens is 433 g/mol. The minimum Gasteiger partial charge on any atom is -0.491 e. The van der Waals surface area contributed by atoms with Crippen molar-refractivity contribution in [1.29, 1.82) is 0 Å². The number of rotatable bonds is 7. The van der Waals surface area contributed by atoms with Gasteiger partial charge >= 0.3 is 0 Å². The van der Waals surface area contributed by atoms with Crippen molar-refractivity contribution in [3.63, 3.8) is 0 Å². The summed E-state index contributed by atoms with van der Waals surface area (Å²) in [6, 6.07) is 21.4. The van der Waals surface area contributed by atoms with Crippen molar-refractivity contribution in [2.75, 3.05) is 18.1 Å². The summed E-state index contributed by atoms with van der Waals surface area (Å²) in [6.07, 6.45) is -0.460. The zero-order valence-corrected chi connectivity index (χ0v) is 18.9. The van der Waals surface area contributed by atoms with Gasteiger partial charge in [0.2, 0.25) is 5.91 Å². The van der Waals surface area contributed by atoms with E-state index in [1.165, 1.54) is 12.1 Å². The molecule has 0 spiro atoms. The van der Waals surface area contributed by atoms with Gasteiger partial charge in [-0.25, -0.2) is 9.37 Å². The van der Waals surface area contributed by atoms with Crippen molar-refractivity contribution in [2.45, 2.75) is 31.9 Å². The fourth-order valence-electron chi connectivity index (χ4n) is 4.51. The molecule has 0 radical (unpaired) electrons. The van der Waals surface area contributed by atoms with Gasteiger partial charge in [-0.05, 0) is 61.0 Å². The zero-order valence-electron chi connectivity index (χ0n) is 18.9. The summed E-state index contributed by atoms with van der Waals surface area (Å²) in [6.45, 7) is 2.87. The number of ether oxygens (including phenoxy) is 1. The summed E-state index contributed by atoms with van der Waals surface area (Å²) in [5.41, 5.74) is 3.48.